The maximum atomic E-state index is 9.43. The summed E-state index contributed by atoms with van der Waals surface area (Å²) in [4.78, 5) is 15.9. The van der Waals surface area contributed by atoms with E-state index in [-0.39, 0.29) is 0 Å². The molecule has 0 fully saturated rings. The van der Waals surface area contributed by atoms with Crippen molar-refractivity contribution in [3.05, 3.63) is 30.6 Å². The Morgan fingerprint density at radius 3 is 2.50 bits per heavy atom. The predicted octanol–water partition coefficient (Wildman–Crippen LogP) is 1.06. The quantitative estimate of drug-likeness (QED) is 0.421. The van der Waals surface area contributed by atoms with Crippen LogP contribution in [0.15, 0.2) is 30.6 Å². The summed E-state index contributed by atoms with van der Waals surface area (Å²) in [5.74, 6) is 1.65. The SMILES string of the molecule is CCOCCn1c(-c2ccc(N(CC)CC)nc2)nc2cc(B(O)O)cnc21. The number of imidazole rings is 1. The van der Waals surface area contributed by atoms with Crippen LogP contribution in [0.5, 0.6) is 0 Å². The molecule has 0 radical (unpaired) electrons. The number of ether oxygens (including phenoxy) is 1. The van der Waals surface area contributed by atoms with Gasteiger partial charge in [-0.05, 0) is 39.0 Å². The lowest BCUT2D eigenvalue weighted by molar-refractivity contribution is 0.140. The van der Waals surface area contributed by atoms with Crippen LogP contribution in [0.2, 0.25) is 0 Å². The van der Waals surface area contributed by atoms with Crippen LogP contribution in [0.4, 0.5) is 5.82 Å². The fourth-order valence-electron chi connectivity index (χ4n) is 3.15. The van der Waals surface area contributed by atoms with Gasteiger partial charge < -0.3 is 24.3 Å². The fourth-order valence-corrected chi connectivity index (χ4v) is 3.15. The molecule has 0 aliphatic rings. The zero-order chi connectivity index (χ0) is 20.1. The van der Waals surface area contributed by atoms with Crippen molar-refractivity contribution in [1.29, 1.82) is 0 Å². The van der Waals surface area contributed by atoms with Gasteiger partial charge in [0.1, 0.15) is 17.2 Å². The molecule has 0 aliphatic carbocycles. The van der Waals surface area contributed by atoms with Gasteiger partial charge in [-0.2, -0.15) is 0 Å². The van der Waals surface area contributed by atoms with Crippen molar-refractivity contribution in [3.63, 3.8) is 0 Å². The van der Waals surface area contributed by atoms with E-state index in [4.69, 9.17) is 4.74 Å². The number of aromatic nitrogens is 4. The molecule has 0 aliphatic heterocycles. The Morgan fingerprint density at radius 2 is 1.89 bits per heavy atom. The lowest BCUT2D eigenvalue weighted by Gasteiger charge is -2.19. The van der Waals surface area contributed by atoms with Crippen LogP contribution in [-0.2, 0) is 11.3 Å². The van der Waals surface area contributed by atoms with E-state index in [1.807, 2.05) is 29.8 Å². The molecule has 148 valence electrons. The number of hydrogen-bond acceptors (Lipinski definition) is 7. The largest absolute Gasteiger partial charge is 0.490 e. The molecule has 9 heteroatoms. The van der Waals surface area contributed by atoms with Crippen LogP contribution in [0, 0.1) is 0 Å². The van der Waals surface area contributed by atoms with Crippen molar-refractivity contribution in [1.82, 2.24) is 19.5 Å². The highest BCUT2D eigenvalue weighted by molar-refractivity contribution is 6.58. The van der Waals surface area contributed by atoms with Gasteiger partial charge in [0, 0.05) is 49.7 Å². The molecule has 0 spiro atoms. The van der Waals surface area contributed by atoms with Crippen LogP contribution in [0.1, 0.15) is 20.8 Å². The molecule has 0 saturated heterocycles. The van der Waals surface area contributed by atoms with Gasteiger partial charge >= 0.3 is 7.12 Å². The molecular formula is C19H26BN5O3. The summed E-state index contributed by atoms with van der Waals surface area (Å²) < 4.78 is 7.49. The summed E-state index contributed by atoms with van der Waals surface area (Å²) in [7, 11) is -1.58. The Morgan fingerprint density at radius 1 is 1.11 bits per heavy atom. The van der Waals surface area contributed by atoms with E-state index in [2.05, 4.69) is 33.7 Å². The third-order valence-electron chi connectivity index (χ3n) is 4.66. The number of rotatable bonds is 9. The van der Waals surface area contributed by atoms with Crippen molar-refractivity contribution in [3.8, 4) is 11.4 Å². The van der Waals surface area contributed by atoms with Gasteiger partial charge in [0.25, 0.3) is 0 Å². The van der Waals surface area contributed by atoms with E-state index in [0.717, 1.165) is 30.3 Å². The number of hydrogen-bond donors (Lipinski definition) is 2. The van der Waals surface area contributed by atoms with Crippen molar-refractivity contribution >= 4 is 29.6 Å². The monoisotopic (exact) mass is 383 g/mol. The van der Waals surface area contributed by atoms with E-state index >= 15 is 0 Å². The van der Waals surface area contributed by atoms with Gasteiger partial charge in [0.15, 0.2) is 5.65 Å². The first-order valence-corrected chi connectivity index (χ1v) is 9.60. The van der Waals surface area contributed by atoms with Crippen molar-refractivity contribution < 1.29 is 14.8 Å². The standard InChI is InChI=1S/C19H26BN5O3/c1-4-24(5-2)17-8-7-14(12-21-17)18-23-16-11-15(20(26)27)13-22-19(16)25(18)9-10-28-6-3/h7-8,11-13,26-27H,4-6,9-10H2,1-3H3. The molecule has 3 rings (SSSR count). The van der Waals surface area contributed by atoms with E-state index in [1.54, 1.807) is 6.07 Å². The average molecular weight is 383 g/mol. The highest BCUT2D eigenvalue weighted by Gasteiger charge is 2.18. The number of anilines is 1. The molecule has 0 amide bonds. The zero-order valence-electron chi connectivity index (χ0n) is 16.5. The third kappa shape index (κ3) is 4.16. The summed E-state index contributed by atoms with van der Waals surface area (Å²) in [6, 6.07) is 5.64. The molecule has 2 N–H and O–H groups in total. The average Bonchev–Trinajstić information content (AvgIpc) is 3.07. The minimum absolute atomic E-state index is 0.309. The molecule has 0 bridgehead atoms. The molecule has 28 heavy (non-hydrogen) atoms. The highest BCUT2D eigenvalue weighted by Crippen LogP contribution is 2.24. The van der Waals surface area contributed by atoms with Crippen LogP contribution >= 0.6 is 0 Å². The molecular weight excluding hydrogens is 357 g/mol. The van der Waals surface area contributed by atoms with E-state index < -0.39 is 7.12 Å². The van der Waals surface area contributed by atoms with Gasteiger partial charge in [0.05, 0.1) is 6.61 Å². The Labute approximate surface area is 165 Å². The van der Waals surface area contributed by atoms with Crippen LogP contribution in [-0.4, -0.2) is 63.0 Å². The van der Waals surface area contributed by atoms with Crippen LogP contribution < -0.4 is 10.4 Å². The summed E-state index contributed by atoms with van der Waals surface area (Å²) >= 11 is 0. The molecule has 0 atom stereocenters. The lowest BCUT2D eigenvalue weighted by atomic mass is 9.82. The second-order valence-corrected chi connectivity index (χ2v) is 6.35. The highest BCUT2D eigenvalue weighted by atomic mass is 16.5. The van der Waals surface area contributed by atoms with Crippen LogP contribution in [0.25, 0.3) is 22.6 Å². The van der Waals surface area contributed by atoms with E-state index in [0.29, 0.717) is 36.4 Å². The van der Waals surface area contributed by atoms with Crippen molar-refractivity contribution in [2.75, 3.05) is 31.2 Å². The molecule has 3 heterocycles. The zero-order valence-corrected chi connectivity index (χ0v) is 16.5. The summed E-state index contributed by atoms with van der Waals surface area (Å²) in [5, 5.41) is 18.9. The number of pyridine rings is 2. The first kappa shape index (κ1) is 20.3. The minimum atomic E-state index is -1.58. The van der Waals surface area contributed by atoms with Gasteiger partial charge in [-0.3, -0.25) is 0 Å². The summed E-state index contributed by atoms with van der Waals surface area (Å²) in [5.41, 5.74) is 2.46. The molecule has 3 aromatic rings. The first-order chi connectivity index (χ1) is 13.6. The minimum Gasteiger partial charge on any atom is -0.423 e. The maximum absolute atomic E-state index is 9.43. The molecule has 0 unspecified atom stereocenters. The first-order valence-electron chi connectivity index (χ1n) is 9.60. The molecule has 0 saturated carbocycles. The third-order valence-corrected chi connectivity index (χ3v) is 4.66. The van der Waals surface area contributed by atoms with Gasteiger partial charge in [0.2, 0.25) is 0 Å². The Bertz CT molecular complexity index is 910. The molecule has 8 nitrogen and oxygen atoms in total. The van der Waals surface area contributed by atoms with Gasteiger partial charge in [-0.15, -0.1) is 0 Å². The Kier molecular flexibility index (Phi) is 6.61. The van der Waals surface area contributed by atoms with E-state index in [1.165, 1.54) is 6.20 Å². The smallest absolute Gasteiger partial charge is 0.423 e. The molecule has 0 aromatic carbocycles. The topological polar surface area (TPSA) is 96.5 Å². The van der Waals surface area contributed by atoms with Crippen LogP contribution in [0.3, 0.4) is 0 Å². The second kappa shape index (κ2) is 9.14. The number of nitrogens with zero attached hydrogens (tertiary/aromatic N) is 5. The summed E-state index contributed by atoms with van der Waals surface area (Å²) in [6.45, 7) is 9.71. The normalized spacial score (nSPS) is 11.2. The number of fused-ring (bicyclic) bond motifs is 1. The predicted molar refractivity (Wildman–Crippen MR) is 111 cm³/mol. The van der Waals surface area contributed by atoms with Crippen molar-refractivity contribution in [2.45, 2.75) is 27.3 Å². The van der Waals surface area contributed by atoms with E-state index in [9.17, 15) is 10.0 Å². The Balaban J connectivity index is 2.03. The second-order valence-electron chi connectivity index (χ2n) is 6.35. The van der Waals surface area contributed by atoms with Crippen molar-refractivity contribution in [2.24, 2.45) is 0 Å². The summed E-state index contributed by atoms with van der Waals surface area (Å²) in [6.07, 6.45) is 3.27. The van der Waals surface area contributed by atoms with Gasteiger partial charge in [-0.25, -0.2) is 15.0 Å². The fraction of sp³-hybridized carbons (Fsp3) is 0.421. The maximum Gasteiger partial charge on any atom is 0.490 e. The Hall–Kier alpha value is -2.49. The molecule has 3 aromatic heterocycles. The lowest BCUT2D eigenvalue weighted by Crippen LogP contribution is -2.30. The van der Waals surface area contributed by atoms with Gasteiger partial charge in [-0.1, -0.05) is 0 Å².